The highest BCUT2D eigenvalue weighted by Gasteiger charge is 2.52. The number of hydrogen-bond donors (Lipinski definition) is 1. The van der Waals surface area contributed by atoms with Gasteiger partial charge in [0, 0.05) is 6.42 Å². The number of alkyl halides is 3. The number of rotatable bonds is 5. The lowest BCUT2D eigenvalue weighted by atomic mass is 9.93. The highest BCUT2D eigenvalue weighted by molar-refractivity contribution is 7.69. The molecule has 4 rings (SSSR count). The molecule has 2 aromatic rings. The molecular formula is C22H24F3NO5P+. The Kier molecular flexibility index (Phi) is 6.29. The van der Waals surface area contributed by atoms with Crippen LogP contribution >= 0.6 is 7.94 Å². The van der Waals surface area contributed by atoms with E-state index in [1.54, 1.807) is 6.92 Å². The summed E-state index contributed by atoms with van der Waals surface area (Å²) in [7, 11) is -3.78. The van der Waals surface area contributed by atoms with Crippen LogP contribution < -0.4 is 5.30 Å². The quantitative estimate of drug-likeness (QED) is 0.501. The first kappa shape index (κ1) is 23.1. The number of ether oxygens (including phenoxy) is 1. The van der Waals surface area contributed by atoms with Crippen LogP contribution in [0.5, 0.6) is 0 Å². The molecule has 0 amide bonds. The third-order valence-corrected chi connectivity index (χ3v) is 7.66. The zero-order valence-corrected chi connectivity index (χ0v) is 18.6. The third-order valence-electron chi connectivity index (χ3n) is 5.48. The fraction of sp³-hybridized carbons (Fsp3) is 0.455. The van der Waals surface area contributed by atoms with Gasteiger partial charge in [0.05, 0.1) is 34.7 Å². The van der Waals surface area contributed by atoms with Crippen LogP contribution in [-0.2, 0) is 20.0 Å². The van der Waals surface area contributed by atoms with Crippen LogP contribution in [0.25, 0.3) is 11.1 Å². The number of hydrogen-bond acceptors (Lipinski definition) is 6. The van der Waals surface area contributed by atoms with Crippen LogP contribution in [0.15, 0.2) is 24.3 Å². The first-order valence-corrected chi connectivity index (χ1v) is 12.0. The van der Waals surface area contributed by atoms with Gasteiger partial charge in [-0.3, -0.25) is 4.98 Å². The van der Waals surface area contributed by atoms with Gasteiger partial charge in [0.2, 0.25) is 5.30 Å². The van der Waals surface area contributed by atoms with Crippen LogP contribution in [-0.4, -0.2) is 35.7 Å². The zero-order chi connectivity index (χ0) is 23.1. The molecule has 0 bridgehead atoms. The Morgan fingerprint density at radius 2 is 1.84 bits per heavy atom. The predicted octanol–water partition coefficient (Wildman–Crippen LogP) is 4.77. The largest absolute Gasteiger partial charge is 0.462 e. The second kappa shape index (κ2) is 8.71. The minimum absolute atomic E-state index is 0.0159. The molecule has 1 saturated heterocycles. The zero-order valence-electron chi connectivity index (χ0n) is 17.7. The Balaban J connectivity index is 1.99. The van der Waals surface area contributed by atoms with Crippen molar-refractivity contribution >= 4 is 19.2 Å². The lowest BCUT2D eigenvalue weighted by Crippen LogP contribution is -2.30. The predicted molar refractivity (Wildman–Crippen MR) is 112 cm³/mol. The Morgan fingerprint density at radius 1 is 1.19 bits per heavy atom. The van der Waals surface area contributed by atoms with Gasteiger partial charge in [0.25, 0.3) is 0 Å². The minimum atomic E-state index is -4.69. The number of halogens is 3. The van der Waals surface area contributed by atoms with E-state index in [0.29, 0.717) is 6.42 Å². The third kappa shape index (κ3) is 4.53. The summed E-state index contributed by atoms with van der Waals surface area (Å²) in [5.74, 6) is -0.511. The number of carbonyl (C=O) groups is 1. The smallest absolute Gasteiger partial charge is 0.448 e. The molecule has 1 saturated carbocycles. The Morgan fingerprint density at radius 3 is 2.47 bits per heavy atom. The van der Waals surface area contributed by atoms with Crippen LogP contribution in [0, 0.1) is 19.8 Å². The highest BCUT2D eigenvalue weighted by atomic mass is 31.2. The second-order valence-corrected chi connectivity index (χ2v) is 10.0. The van der Waals surface area contributed by atoms with Crippen molar-refractivity contribution < 1.29 is 36.6 Å². The van der Waals surface area contributed by atoms with Gasteiger partial charge >= 0.3 is 20.1 Å². The van der Waals surface area contributed by atoms with Gasteiger partial charge in [0.15, 0.2) is 0 Å². The van der Waals surface area contributed by atoms with Gasteiger partial charge in [-0.15, -0.1) is 0 Å². The molecule has 1 aliphatic heterocycles. The number of nitrogens with zero attached hydrogens (tertiary/aromatic N) is 1. The van der Waals surface area contributed by atoms with Crippen molar-refractivity contribution in [3.8, 4) is 11.1 Å². The molecule has 32 heavy (non-hydrogen) atoms. The van der Waals surface area contributed by atoms with E-state index in [0.717, 1.165) is 18.9 Å². The fourth-order valence-corrected chi connectivity index (χ4v) is 5.86. The first-order valence-electron chi connectivity index (χ1n) is 10.4. The molecule has 0 radical (unpaired) electrons. The van der Waals surface area contributed by atoms with Crippen molar-refractivity contribution in [2.45, 2.75) is 39.3 Å². The van der Waals surface area contributed by atoms with Crippen molar-refractivity contribution in [1.82, 2.24) is 4.98 Å². The number of benzene rings is 1. The molecule has 172 valence electrons. The minimum Gasteiger partial charge on any atom is -0.462 e. The molecule has 1 N–H and O–H groups in total. The van der Waals surface area contributed by atoms with Gasteiger partial charge in [0.1, 0.15) is 13.2 Å². The van der Waals surface area contributed by atoms with E-state index >= 15 is 0 Å². The molecule has 10 heteroatoms. The first-order chi connectivity index (χ1) is 15.1. The normalized spacial score (nSPS) is 18.4. The Hall–Kier alpha value is -2.06. The SMILES string of the molecule is Cc1nc(C)c([P+]2(O)OCCCO2)c(-c2ccccc2C(F)(F)F)c1C(=O)OCC1CC1. The van der Waals surface area contributed by atoms with Crippen LogP contribution in [0.2, 0.25) is 0 Å². The highest BCUT2D eigenvalue weighted by Crippen LogP contribution is 2.60. The molecule has 2 aliphatic rings. The second-order valence-electron chi connectivity index (χ2n) is 8.01. The van der Waals surface area contributed by atoms with Crippen molar-refractivity contribution in [2.75, 3.05) is 19.8 Å². The lowest BCUT2D eigenvalue weighted by molar-refractivity contribution is -0.137. The maximum atomic E-state index is 14.0. The van der Waals surface area contributed by atoms with E-state index in [9.17, 15) is 22.9 Å². The molecule has 0 atom stereocenters. The van der Waals surface area contributed by atoms with E-state index < -0.39 is 25.7 Å². The standard InChI is InChI=1S/C22H24F3NO5P/c1-13-18(21(27)29-12-15-8-9-15)19(16-6-3-4-7-17(16)22(23,24)25)20(14(2)26-13)32(28)30-10-5-11-31-32/h3-4,6-7,15,28H,5,8-12H2,1-2H3/q+1. The summed E-state index contributed by atoms with van der Waals surface area (Å²) in [6, 6.07) is 4.93. The van der Waals surface area contributed by atoms with Crippen molar-refractivity contribution in [3.63, 3.8) is 0 Å². The molecule has 1 aromatic heterocycles. The Labute approximate surface area is 184 Å². The molecule has 6 nitrogen and oxygen atoms in total. The van der Waals surface area contributed by atoms with E-state index in [2.05, 4.69) is 4.98 Å². The molecule has 2 heterocycles. The number of pyridine rings is 1. The summed E-state index contributed by atoms with van der Waals surface area (Å²) in [4.78, 5) is 28.7. The number of aromatic nitrogens is 1. The topological polar surface area (TPSA) is 77.9 Å². The Bertz CT molecular complexity index is 1030. The maximum absolute atomic E-state index is 14.0. The van der Waals surface area contributed by atoms with Gasteiger partial charge in [-0.25, -0.2) is 4.79 Å². The van der Waals surface area contributed by atoms with Gasteiger partial charge in [-0.2, -0.15) is 27.1 Å². The summed E-state index contributed by atoms with van der Waals surface area (Å²) in [5.41, 5.74) is -0.955. The average molecular weight is 470 g/mol. The summed E-state index contributed by atoms with van der Waals surface area (Å²) >= 11 is 0. The van der Waals surface area contributed by atoms with Crippen molar-refractivity contribution in [3.05, 3.63) is 46.8 Å². The van der Waals surface area contributed by atoms with Crippen LogP contribution in [0.1, 0.15) is 46.6 Å². The number of esters is 1. The van der Waals surface area contributed by atoms with Crippen LogP contribution in [0.3, 0.4) is 0 Å². The van der Waals surface area contributed by atoms with Gasteiger partial charge < -0.3 is 4.74 Å². The fourth-order valence-electron chi connectivity index (χ4n) is 3.80. The van der Waals surface area contributed by atoms with E-state index in [1.165, 1.54) is 25.1 Å². The van der Waals surface area contributed by atoms with Gasteiger partial charge in [-0.05, 0) is 44.2 Å². The molecular weight excluding hydrogens is 446 g/mol. The molecule has 0 unspecified atom stereocenters. The summed E-state index contributed by atoms with van der Waals surface area (Å²) in [6.45, 7) is 3.64. The summed E-state index contributed by atoms with van der Waals surface area (Å²) < 4.78 is 58.4. The maximum Gasteiger partial charge on any atom is 0.448 e. The molecule has 1 aromatic carbocycles. The molecule has 1 aliphatic carbocycles. The monoisotopic (exact) mass is 470 g/mol. The molecule has 2 fully saturated rings. The summed E-state index contributed by atoms with van der Waals surface area (Å²) in [6.07, 6.45) is -2.27. The van der Waals surface area contributed by atoms with E-state index in [4.69, 9.17) is 13.8 Å². The number of carbonyl (C=O) groups excluding carboxylic acids is 1. The van der Waals surface area contributed by atoms with E-state index in [1.807, 2.05) is 0 Å². The average Bonchev–Trinajstić information content (AvgIpc) is 3.56. The lowest BCUT2D eigenvalue weighted by Gasteiger charge is -2.26. The number of aryl methyl sites for hydroxylation is 2. The van der Waals surface area contributed by atoms with Gasteiger partial charge in [-0.1, -0.05) is 18.2 Å². The van der Waals surface area contributed by atoms with Crippen molar-refractivity contribution in [2.24, 2.45) is 5.92 Å². The van der Waals surface area contributed by atoms with Crippen molar-refractivity contribution in [1.29, 1.82) is 0 Å². The summed E-state index contributed by atoms with van der Waals surface area (Å²) in [5, 5.41) is -0.0159. The van der Waals surface area contributed by atoms with E-state index in [-0.39, 0.29) is 59.1 Å². The van der Waals surface area contributed by atoms with Crippen LogP contribution in [0.4, 0.5) is 13.2 Å². The molecule has 0 spiro atoms.